The van der Waals surface area contributed by atoms with Gasteiger partial charge in [0.15, 0.2) is 5.78 Å². The number of rotatable bonds is 3. The van der Waals surface area contributed by atoms with Crippen molar-refractivity contribution in [1.29, 1.82) is 0 Å². The summed E-state index contributed by atoms with van der Waals surface area (Å²) in [4.78, 5) is 12.3. The van der Waals surface area contributed by atoms with E-state index in [0.717, 1.165) is 0 Å². The Balaban J connectivity index is 2.47. The van der Waals surface area contributed by atoms with Crippen LogP contribution in [0.1, 0.15) is 15.9 Å². The minimum Gasteiger partial charge on any atom is -0.497 e. The average molecular weight is 344 g/mol. The Hall–Kier alpha value is -1.39. The molecule has 19 heavy (non-hydrogen) atoms. The second-order valence-corrected chi connectivity index (χ2v) is 5.09. The third-order valence-corrected chi connectivity index (χ3v) is 3.49. The topological polar surface area (TPSA) is 26.3 Å². The molecule has 98 valence electrons. The summed E-state index contributed by atoms with van der Waals surface area (Å²) < 4.78 is 19.2. The average Bonchev–Trinajstić information content (AvgIpc) is 2.40. The zero-order chi connectivity index (χ0) is 14.0. The van der Waals surface area contributed by atoms with Crippen molar-refractivity contribution in [3.8, 4) is 5.75 Å². The fourth-order valence-electron chi connectivity index (χ4n) is 1.62. The first-order chi connectivity index (χ1) is 9.02. The van der Waals surface area contributed by atoms with Crippen LogP contribution in [0, 0.1) is 5.82 Å². The zero-order valence-electron chi connectivity index (χ0n) is 9.91. The van der Waals surface area contributed by atoms with E-state index in [1.54, 1.807) is 18.2 Å². The molecule has 0 spiro atoms. The number of benzene rings is 2. The summed E-state index contributed by atoms with van der Waals surface area (Å²) in [5, 5.41) is 0.314. The molecule has 0 aromatic heterocycles. The summed E-state index contributed by atoms with van der Waals surface area (Å²) in [6, 6.07) is 8.75. The van der Waals surface area contributed by atoms with E-state index in [1.165, 1.54) is 25.3 Å². The molecule has 0 saturated carbocycles. The lowest BCUT2D eigenvalue weighted by Crippen LogP contribution is -2.05. The third kappa shape index (κ3) is 2.96. The fraction of sp³-hybridized carbons (Fsp3) is 0.0714. The monoisotopic (exact) mass is 342 g/mol. The van der Waals surface area contributed by atoms with Gasteiger partial charge < -0.3 is 4.74 Å². The number of hydrogen-bond acceptors (Lipinski definition) is 2. The van der Waals surface area contributed by atoms with Crippen molar-refractivity contribution in [2.75, 3.05) is 7.11 Å². The van der Waals surface area contributed by atoms with E-state index in [9.17, 15) is 9.18 Å². The van der Waals surface area contributed by atoms with Crippen LogP contribution in [0.15, 0.2) is 40.9 Å². The van der Waals surface area contributed by atoms with Gasteiger partial charge in [0, 0.05) is 15.1 Å². The van der Waals surface area contributed by atoms with E-state index in [2.05, 4.69) is 15.9 Å². The van der Waals surface area contributed by atoms with Crippen LogP contribution in [0.2, 0.25) is 5.02 Å². The first kappa shape index (κ1) is 14.0. The Morgan fingerprint density at radius 3 is 2.58 bits per heavy atom. The maximum Gasteiger partial charge on any atom is 0.197 e. The van der Waals surface area contributed by atoms with Crippen LogP contribution in [0.4, 0.5) is 4.39 Å². The predicted octanol–water partition coefficient (Wildman–Crippen LogP) is 4.48. The molecule has 2 aromatic rings. The Morgan fingerprint density at radius 2 is 1.95 bits per heavy atom. The number of hydrogen-bond donors (Lipinski definition) is 0. The maximum absolute atomic E-state index is 13.7. The largest absolute Gasteiger partial charge is 0.497 e. The number of carbonyl (C=O) groups excluding carboxylic acids is 1. The van der Waals surface area contributed by atoms with Crippen LogP contribution in [0.5, 0.6) is 5.75 Å². The van der Waals surface area contributed by atoms with Crippen molar-refractivity contribution in [3.05, 3.63) is 62.8 Å². The van der Waals surface area contributed by atoms with E-state index in [-0.39, 0.29) is 5.56 Å². The Kier molecular flexibility index (Phi) is 4.22. The number of ketones is 1. The highest BCUT2D eigenvalue weighted by molar-refractivity contribution is 9.10. The lowest BCUT2D eigenvalue weighted by atomic mass is 10.0. The van der Waals surface area contributed by atoms with Crippen molar-refractivity contribution in [3.63, 3.8) is 0 Å². The lowest BCUT2D eigenvalue weighted by molar-refractivity contribution is 0.103. The maximum atomic E-state index is 13.7. The van der Waals surface area contributed by atoms with E-state index in [0.29, 0.717) is 20.8 Å². The van der Waals surface area contributed by atoms with Crippen LogP contribution in [0.25, 0.3) is 0 Å². The highest BCUT2D eigenvalue weighted by Gasteiger charge is 2.17. The highest BCUT2D eigenvalue weighted by atomic mass is 79.9. The van der Waals surface area contributed by atoms with E-state index < -0.39 is 11.6 Å². The molecule has 0 unspecified atom stereocenters. The molecule has 2 rings (SSSR count). The van der Waals surface area contributed by atoms with Crippen molar-refractivity contribution < 1.29 is 13.9 Å². The Labute approximate surface area is 123 Å². The molecule has 0 fully saturated rings. The molecule has 5 heteroatoms. The summed E-state index contributed by atoms with van der Waals surface area (Å²) in [6.45, 7) is 0. The smallest absolute Gasteiger partial charge is 0.197 e. The predicted molar refractivity (Wildman–Crippen MR) is 75.5 cm³/mol. The SMILES string of the molecule is COc1ccc(C(=O)c2cc(Cl)ccc2F)c(Br)c1. The Morgan fingerprint density at radius 1 is 1.21 bits per heavy atom. The minimum absolute atomic E-state index is 0.0571. The first-order valence-corrected chi connectivity index (χ1v) is 6.53. The fourth-order valence-corrected chi connectivity index (χ4v) is 2.33. The molecule has 0 amide bonds. The number of ether oxygens (including phenoxy) is 1. The third-order valence-electron chi connectivity index (χ3n) is 2.59. The second kappa shape index (κ2) is 5.72. The van der Waals surface area contributed by atoms with Gasteiger partial charge in [0.2, 0.25) is 0 Å². The lowest BCUT2D eigenvalue weighted by Gasteiger charge is -2.07. The van der Waals surface area contributed by atoms with Crippen molar-refractivity contribution in [1.82, 2.24) is 0 Å². The van der Waals surface area contributed by atoms with Gasteiger partial charge in [-0.25, -0.2) is 4.39 Å². The standard InChI is InChI=1S/C14H9BrClFO2/c1-19-9-3-4-10(12(15)7-9)14(18)11-6-8(16)2-5-13(11)17/h2-7H,1H3. The first-order valence-electron chi connectivity index (χ1n) is 5.36. The van der Waals surface area contributed by atoms with Crippen molar-refractivity contribution in [2.45, 2.75) is 0 Å². The molecular weight excluding hydrogens is 335 g/mol. The molecule has 0 saturated heterocycles. The van der Waals surface area contributed by atoms with Gasteiger partial charge >= 0.3 is 0 Å². The van der Waals surface area contributed by atoms with Gasteiger partial charge in [-0.3, -0.25) is 4.79 Å². The molecule has 0 heterocycles. The summed E-state index contributed by atoms with van der Waals surface area (Å²) in [5.41, 5.74) is 0.292. The zero-order valence-corrected chi connectivity index (χ0v) is 12.3. The summed E-state index contributed by atoms with van der Waals surface area (Å²) >= 11 is 9.06. The van der Waals surface area contributed by atoms with Gasteiger partial charge in [0.1, 0.15) is 11.6 Å². The summed E-state index contributed by atoms with van der Waals surface area (Å²) in [6.07, 6.45) is 0. The van der Waals surface area contributed by atoms with Crippen LogP contribution < -0.4 is 4.74 Å². The molecule has 0 radical (unpaired) electrons. The molecule has 0 bridgehead atoms. The van der Waals surface area contributed by atoms with Crippen LogP contribution in [0.3, 0.4) is 0 Å². The van der Waals surface area contributed by atoms with Gasteiger partial charge in [-0.2, -0.15) is 0 Å². The van der Waals surface area contributed by atoms with Gasteiger partial charge in [-0.1, -0.05) is 11.6 Å². The molecular formula is C14H9BrClFO2. The molecule has 0 atom stereocenters. The van der Waals surface area contributed by atoms with Gasteiger partial charge in [0.25, 0.3) is 0 Å². The molecule has 0 aliphatic rings. The van der Waals surface area contributed by atoms with Gasteiger partial charge in [-0.05, 0) is 52.3 Å². The van der Waals surface area contributed by atoms with Crippen LogP contribution in [-0.4, -0.2) is 12.9 Å². The molecule has 2 nitrogen and oxygen atoms in total. The summed E-state index contributed by atoms with van der Waals surface area (Å²) in [7, 11) is 1.53. The van der Waals surface area contributed by atoms with E-state index >= 15 is 0 Å². The quantitative estimate of drug-likeness (QED) is 0.768. The normalized spacial score (nSPS) is 10.3. The van der Waals surface area contributed by atoms with E-state index in [4.69, 9.17) is 16.3 Å². The number of methoxy groups -OCH3 is 1. The molecule has 0 N–H and O–H groups in total. The van der Waals surface area contributed by atoms with Gasteiger partial charge in [0.05, 0.1) is 12.7 Å². The van der Waals surface area contributed by atoms with Crippen molar-refractivity contribution >= 4 is 33.3 Å². The van der Waals surface area contributed by atoms with E-state index in [1.807, 2.05) is 0 Å². The molecule has 2 aromatic carbocycles. The second-order valence-electron chi connectivity index (χ2n) is 3.80. The molecule has 0 aliphatic heterocycles. The highest BCUT2D eigenvalue weighted by Crippen LogP contribution is 2.26. The Bertz CT molecular complexity index is 643. The summed E-state index contributed by atoms with van der Waals surface area (Å²) in [5.74, 6) is -0.429. The minimum atomic E-state index is -0.600. The van der Waals surface area contributed by atoms with Crippen LogP contribution >= 0.6 is 27.5 Å². The molecule has 0 aliphatic carbocycles. The van der Waals surface area contributed by atoms with Crippen LogP contribution in [-0.2, 0) is 0 Å². The van der Waals surface area contributed by atoms with Gasteiger partial charge in [-0.15, -0.1) is 0 Å². The van der Waals surface area contributed by atoms with Crippen molar-refractivity contribution in [2.24, 2.45) is 0 Å². The number of halogens is 3. The number of carbonyl (C=O) groups is 1.